The van der Waals surface area contributed by atoms with Gasteiger partial charge in [0.15, 0.2) is 0 Å². The molecule has 1 aromatic rings. The second kappa shape index (κ2) is 4.54. The molecule has 80 valence electrons. The van der Waals surface area contributed by atoms with Gasteiger partial charge in [0.1, 0.15) is 0 Å². The van der Waals surface area contributed by atoms with Gasteiger partial charge in [-0.2, -0.15) is 0 Å². The van der Waals surface area contributed by atoms with Crippen molar-refractivity contribution in [2.75, 3.05) is 0 Å². The highest BCUT2D eigenvalue weighted by Gasteiger charge is 2.17. The van der Waals surface area contributed by atoms with E-state index in [0.29, 0.717) is 16.1 Å². The molecule has 1 nitrogen and oxygen atoms in total. The minimum absolute atomic E-state index is 0.495. The van der Waals surface area contributed by atoms with E-state index in [1.165, 1.54) is 5.71 Å². The first-order chi connectivity index (χ1) is 7.20. The van der Waals surface area contributed by atoms with Gasteiger partial charge in [0.2, 0.25) is 0 Å². The number of nitrogens with zero attached hydrogens (tertiary/aromatic N) is 1. The van der Waals surface area contributed by atoms with Gasteiger partial charge in [-0.15, -0.1) is 0 Å². The minimum atomic E-state index is 0.495. The van der Waals surface area contributed by atoms with Crippen LogP contribution in [0.5, 0.6) is 0 Å². The molecule has 3 heteroatoms. The third-order valence-electron chi connectivity index (χ3n) is 2.78. The zero-order valence-corrected chi connectivity index (χ0v) is 10.1. The summed E-state index contributed by atoms with van der Waals surface area (Å²) in [5, 5.41) is 1.21. The van der Waals surface area contributed by atoms with Crippen molar-refractivity contribution in [3.63, 3.8) is 0 Å². The van der Waals surface area contributed by atoms with Crippen LogP contribution in [0.25, 0.3) is 0 Å². The van der Waals surface area contributed by atoms with Gasteiger partial charge in [-0.25, -0.2) is 0 Å². The first-order valence-electron chi connectivity index (χ1n) is 5.22. The molecule has 0 radical (unpaired) electrons. The fourth-order valence-electron chi connectivity index (χ4n) is 1.84. The van der Waals surface area contributed by atoms with E-state index in [2.05, 4.69) is 11.9 Å². The molecule has 0 bridgehead atoms. The maximum atomic E-state index is 5.98. The van der Waals surface area contributed by atoms with Crippen molar-refractivity contribution in [3.8, 4) is 0 Å². The number of halogens is 2. The summed E-state index contributed by atoms with van der Waals surface area (Å²) in [5.41, 5.74) is 2.28. The number of benzene rings is 1. The molecule has 0 saturated carbocycles. The second-order valence-corrected chi connectivity index (χ2v) is 4.62. The zero-order valence-electron chi connectivity index (χ0n) is 8.63. The van der Waals surface area contributed by atoms with E-state index >= 15 is 0 Å². The van der Waals surface area contributed by atoms with Crippen molar-refractivity contribution in [3.05, 3.63) is 33.8 Å². The normalized spacial score (nSPS) is 20.5. The predicted molar refractivity (Wildman–Crippen MR) is 66.3 cm³/mol. The monoisotopic (exact) mass is 241 g/mol. The fourth-order valence-corrected chi connectivity index (χ4v) is 2.14. The van der Waals surface area contributed by atoms with Crippen LogP contribution in [-0.2, 0) is 0 Å². The molecule has 15 heavy (non-hydrogen) atoms. The summed E-state index contributed by atoms with van der Waals surface area (Å²) in [6.07, 6.45) is 3.33. The molecule has 1 aliphatic heterocycles. The van der Waals surface area contributed by atoms with Crippen LogP contribution in [0.4, 0.5) is 0 Å². The molecular formula is C12H13Cl2N. The lowest BCUT2D eigenvalue weighted by atomic mass is 10.1. The highest BCUT2D eigenvalue weighted by molar-refractivity contribution is 6.42. The Hall–Kier alpha value is -0.530. The average Bonchev–Trinajstić information content (AvgIpc) is 2.70. The van der Waals surface area contributed by atoms with Gasteiger partial charge in [0.25, 0.3) is 0 Å². The lowest BCUT2D eigenvalue weighted by Gasteiger charge is -2.02. The maximum absolute atomic E-state index is 5.98. The Bertz CT molecular complexity index is 399. The van der Waals surface area contributed by atoms with Gasteiger partial charge < -0.3 is 0 Å². The largest absolute Gasteiger partial charge is 0.286 e. The number of hydrogen-bond acceptors (Lipinski definition) is 1. The third kappa shape index (κ3) is 2.35. The smallest absolute Gasteiger partial charge is 0.0598 e. The number of rotatable bonds is 2. The van der Waals surface area contributed by atoms with Crippen LogP contribution in [0.2, 0.25) is 10.0 Å². The molecule has 1 aromatic carbocycles. The van der Waals surface area contributed by atoms with Gasteiger partial charge in [-0.3, -0.25) is 4.99 Å². The van der Waals surface area contributed by atoms with Gasteiger partial charge in [-0.05, 0) is 37.0 Å². The highest BCUT2D eigenvalue weighted by atomic mass is 35.5. The van der Waals surface area contributed by atoms with E-state index in [1.54, 1.807) is 0 Å². The molecular weight excluding hydrogens is 229 g/mol. The van der Waals surface area contributed by atoms with Crippen LogP contribution in [-0.4, -0.2) is 11.8 Å². The number of hydrogen-bond donors (Lipinski definition) is 0. The second-order valence-electron chi connectivity index (χ2n) is 3.81. The Labute approximate surface area is 100 Å². The Morgan fingerprint density at radius 1 is 1.33 bits per heavy atom. The molecule has 1 unspecified atom stereocenters. The first-order valence-corrected chi connectivity index (χ1v) is 5.98. The van der Waals surface area contributed by atoms with Crippen molar-refractivity contribution in [2.45, 2.75) is 32.2 Å². The summed E-state index contributed by atoms with van der Waals surface area (Å²) in [5.74, 6) is 0. The van der Waals surface area contributed by atoms with E-state index in [-0.39, 0.29) is 0 Å². The molecule has 1 heterocycles. The maximum Gasteiger partial charge on any atom is 0.0598 e. The summed E-state index contributed by atoms with van der Waals surface area (Å²) >= 11 is 11.8. The van der Waals surface area contributed by atoms with E-state index < -0.39 is 0 Å². The van der Waals surface area contributed by atoms with Gasteiger partial charge in [0.05, 0.1) is 16.1 Å². The van der Waals surface area contributed by atoms with Gasteiger partial charge in [-0.1, -0.05) is 36.2 Å². The molecule has 0 aliphatic carbocycles. The molecule has 0 N–H and O–H groups in total. The van der Waals surface area contributed by atoms with Crippen molar-refractivity contribution in [1.82, 2.24) is 0 Å². The highest BCUT2D eigenvalue weighted by Crippen LogP contribution is 2.26. The van der Waals surface area contributed by atoms with Crippen LogP contribution >= 0.6 is 23.2 Å². The Kier molecular flexibility index (Phi) is 3.32. The quantitative estimate of drug-likeness (QED) is 0.730. The van der Waals surface area contributed by atoms with Crippen LogP contribution < -0.4 is 0 Å². The van der Waals surface area contributed by atoms with Crippen LogP contribution in [0.1, 0.15) is 31.7 Å². The summed E-state index contributed by atoms with van der Waals surface area (Å²) < 4.78 is 0. The van der Waals surface area contributed by atoms with Crippen molar-refractivity contribution in [1.29, 1.82) is 0 Å². The predicted octanol–water partition coefficient (Wildman–Crippen LogP) is 4.35. The molecule has 0 amide bonds. The summed E-state index contributed by atoms with van der Waals surface area (Å²) in [7, 11) is 0. The molecule has 1 aliphatic rings. The molecule has 0 aromatic heterocycles. The van der Waals surface area contributed by atoms with Crippen LogP contribution in [0.15, 0.2) is 23.2 Å². The lowest BCUT2D eigenvalue weighted by Crippen LogP contribution is -1.96. The van der Waals surface area contributed by atoms with E-state index in [4.69, 9.17) is 23.2 Å². The SMILES string of the molecule is CCC1CCC(c2ccc(Cl)c(Cl)c2)=N1. The van der Waals surface area contributed by atoms with E-state index in [1.807, 2.05) is 18.2 Å². The molecule has 1 atom stereocenters. The molecule has 2 rings (SSSR count). The molecule has 0 fully saturated rings. The first kappa shape index (κ1) is 11.0. The van der Waals surface area contributed by atoms with Crippen molar-refractivity contribution >= 4 is 28.9 Å². The molecule has 0 spiro atoms. The topological polar surface area (TPSA) is 12.4 Å². The summed E-state index contributed by atoms with van der Waals surface area (Å²) in [4.78, 5) is 4.66. The van der Waals surface area contributed by atoms with E-state index in [9.17, 15) is 0 Å². The van der Waals surface area contributed by atoms with Crippen molar-refractivity contribution in [2.24, 2.45) is 4.99 Å². The van der Waals surface area contributed by atoms with Gasteiger partial charge in [0, 0.05) is 5.71 Å². The Morgan fingerprint density at radius 3 is 2.73 bits per heavy atom. The molecule has 0 saturated heterocycles. The number of aliphatic imine (C=N–C) groups is 1. The van der Waals surface area contributed by atoms with Crippen LogP contribution in [0.3, 0.4) is 0 Å². The summed E-state index contributed by atoms with van der Waals surface area (Å²) in [6, 6.07) is 6.22. The van der Waals surface area contributed by atoms with E-state index in [0.717, 1.165) is 24.8 Å². The fraction of sp³-hybridized carbons (Fsp3) is 0.417. The third-order valence-corrected chi connectivity index (χ3v) is 3.52. The lowest BCUT2D eigenvalue weighted by molar-refractivity contribution is 0.649. The Morgan fingerprint density at radius 2 is 2.13 bits per heavy atom. The van der Waals surface area contributed by atoms with Crippen LogP contribution in [0, 0.1) is 0 Å². The zero-order chi connectivity index (χ0) is 10.8. The minimum Gasteiger partial charge on any atom is -0.286 e. The summed E-state index contributed by atoms with van der Waals surface area (Å²) in [6.45, 7) is 2.17. The standard InChI is InChI=1S/C12H13Cl2N/c1-2-9-4-6-12(15-9)8-3-5-10(13)11(14)7-8/h3,5,7,9H,2,4,6H2,1H3. The average molecular weight is 242 g/mol. The van der Waals surface area contributed by atoms with Crippen molar-refractivity contribution < 1.29 is 0 Å². The van der Waals surface area contributed by atoms with Gasteiger partial charge >= 0.3 is 0 Å². The Balaban J connectivity index is 2.27.